The minimum Gasteiger partial charge on any atom is -0.284 e. The highest BCUT2D eigenvalue weighted by atomic mass is 32.2. The quantitative estimate of drug-likeness (QED) is 0.454. The molecule has 0 aliphatic carbocycles. The molecule has 0 saturated heterocycles. The molecule has 1 aliphatic rings. The highest BCUT2D eigenvalue weighted by Gasteiger charge is 2.01. The third-order valence-corrected chi connectivity index (χ3v) is 2.74. The molecule has 1 heterocycles. The van der Waals surface area contributed by atoms with Crippen molar-refractivity contribution in [3.05, 3.63) is 34.5 Å². The zero-order valence-electron chi connectivity index (χ0n) is 4.87. The molecule has 0 aromatic carbocycles. The van der Waals surface area contributed by atoms with Gasteiger partial charge in [-0.3, -0.25) is 4.79 Å². The van der Waals surface area contributed by atoms with Gasteiger partial charge in [0.15, 0.2) is 0 Å². The van der Waals surface area contributed by atoms with Crippen molar-refractivity contribution in [1.82, 2.24) is 0 Å². The Morgan fingerprint density at radius 3 is 2.44 bits per heavy atom. The van der Waals surface area contributed by atoms with Crippen molar-refractivity contribution in [2.75, 3.05) is 0 Å². The van der Waals surface area contributed by atoms with Crippen molar-refractivity contribution < 1.29 is 4.79 Å². The van der Waals surface area contributed by atoms with Gasteiger partial charge in [-0.1, -0.05) is 18.7 Å². The van der Waals surface area contributed by atoms with Crippen LogP contribution in [0.15, 0.2) is 34.5 Å². The molecule has 0 amide bonds. The second-order valence-corrected chi connectivity index (χ2v) is 3.59. The summed E-state index contributed by atoms with van der Waals surface area (Å²) in [4.78, 5) is 10.6. The van der Waals surface area contributed by atoms with Crippen LogP contribution in [-0.2, 0) is 4.79 Å². The van der Waals surface area contributed by atoms with E-state index in [2.05, 4.69) is 6.58 Å². The monoisotopic (exact) mass is 139 g/mol. The first-order chi connectivity index (χ1) is 4.34. The second-order valence-electron chi connectivity index (χ2n) is 1.64. The van der Waals surface area contributed by atoms with Gasteiger partial charge in [-0.25, -0.2) is 0 Å². The lowest BCUT2D eigenvalue weighted by Gasteiger charge is -2.04. The molecular weight excluding hydrogens is 132 g/mol. The van der Waals surface area contributed by atoms with E-state index < -0.39 is 10.9 Å². The Bertz CT molecular complexity index is 179. The Morgan fingerprint density at radius 1 is 1.44 bits per heavy atom. The molecule has 0 atom stereocenters. The molecule has 0 unspecified atom stereocenters. The minimum atomic E-state index is -0.486. The van der Waals surface area contributed by atoms with Crippen LogP contribution in [-0.4, -0.2) is 6.29 Å². The average Bonchev–Trinajstić information content (AvgIpc) is 2.37. The van der Waals surface area contributed by atoms with E-state index in [1.165, 1.54) is 0 Å². The fourth-order valence-corrected chi connectivity index (χ4v) is 1.70. The highest BCUT2D eigenvalue weighted by molar-refractivity contribution is 8.26. The van der Waals surface area contributed by atoms with Crippen molar-refractivity contribution in [2.24, 2.45) is 0 Å². The van der Waals surface area contributed by atoms with E-state index in [0.717, 1.165) is 0 Å². The van der Waals surface area contributed by atoms with Crippen molar-refractivity contribution in [2.45, 2.75) is 0 Å². The van der Waals surface area contributed by atoms with Crippen LogP contribution in [0.1, 0.15) is 0 Å². The lowest BCUT2D eigenvalue weighted by molar-refractivity contribution is 0.564. The molecule has 1 nitrogen and oxygen atoms in total. The maximum Gasteiger partial charge on any atom is 0.238 e. The molecular formula is C7H7OS. The van der Waals surface area contributed by atoms with E-state index in [0.29, 0.717) is 4.91 Å². The molecule has 1 radical (unpaired) electrons. The zero-order valence-corrected chi connectivity index (χ0v) is 5.77. The second kappa shape index (κ2) is 2.69. The molecule has 9 heavy (non-hydrogen) atoms. The molecule has 0 fully saturated rings. The van der Waals surface area contributed by atoms with Gasteiger partial charge >= 0.3 is 0 Å². The number of hydrogen-bond acceptors (Lipinski definition) is 1. The molecule has 1 aliphatic heterocycles. The summed E-state index contributed by atoms with van der Waals surface area (Å²) in [6, 6.07) is 0. The van der Waals surface area contributed by atoms with Crippen LogP contribution in [0.25, 0.3) is 0 Å². The molecule has 0 aromatic rings. The van der Waals surface area contributed by atoms with Crippen LogP contribution in [0.4, 0.5) is 0 Å². The van der Waals surface area contributed by atoms with Gasteiger partial charge in [-0.2, -0.15) is 10.9 Å². The van der Waals surface area contributed by atoms with Crippen LogP contribution in [0.5, 0.6) is 0 Å². The number of carbonyl (C=O) groups excluding carboxylic acids is 1. The van der Waals surface area contributed by atoms with E-state index >= 15 is 0 Å². The Balaban J connectivity index is 2.63. The lowest BCUT2D eigenvalue weighted by atomic mass is 10.6. The van der Waals surface area contributed by atoms with Gasteiger partial charge in [0, 0.05) is 4.91 Å². The molecule has 0 spiro atoms. The summed E-state index contributed by atoms with van der Waals surface area (Å²) < 4.78 is 0. The Kier molecular flexibility index (Phi) is 1.90. The van der Waals surface area contributed by atoms with Gasteiger partial charge in [0.2, 0.25) is 6.29 Å². The van der Waals surface area contributed by atoms with Crippen molar-refractivity contribution in [1.29, 1.82) is 0 Å². The van der Waals surface area contributed by atoms with Crippen LogP contribution >= 0.6 is 10.9 Å². The topological polar surface area (TPSA) is 17.1 Å². The van der Waals surface area contributed by atoms with E-state index in [1.807, 2.05) is 23.0 Å². The third kappa shape index (κ3) is 1.33. The van der Waals surface area contributed by atoms with Gasteiger partial charge in [-0.15, -0.1) is 0 Å². The predicted octanol–water partition coefficient (Wildman–Crippen LogP) is 1.65. The smallest absolute Gasteiger partial charge is 0.238 e. The maximum atomic E-state index is 10.0. The fourth-order valence-electron chi connectivity index (χ4n) is 0.567. The number of thiol groups is 1. The first-order valence-corrected chi connectivity index (χ1v) is 4.03. The predicted molar refractivity (Wildman–Crippen MR) is 42.1 cm³/mol. The number of hydrogen-bond donors (Lipinski definition) is 1. The maximum absolute atomic E-state index is 10.0. The van der Waals surface area contributed by atoms with Crippen LogP contribution < -0.4 is 0 Å². The van der Waals surface area contributed by atoms with Crippen LogP contribution in [0, 0.1) is 0 Å². The summed E-state index contributed by atoms with van der Waals surface area (Å²) in [5.41, 5.74) is 0. The summed E-state index contributed by atoms with van der Waals surface area (Å²) >= 11 is 0. The Hall–Kier alpha value is -0.760. The van der Waals surface area contributed by atoms with Crippen molar-refractivity contribution >= 4 is 17.2 Å². The van der Waals surface area contributed by atoms with E-state index in [-0.39, 0.29) is 0 Å². The average molecular weight is 139 g/mol. The van der Waals surface area contributed by atoms with Gasteiger partial charge in [0.05, 0.1) is 0 Å². The van der Waals surface area contributed by atoms with E-state index in [1.54, 1.807) is 6.29 Å². The van der Waals surface area contributed by atoms with E-state index in [4.69, 9.17) is 0 Å². The lowest BCUT2D eigenvalue weighted by Crippen LogP contribution is -1.76. The zero-order chi connectivity index (χ0) is 6.69. The molecule has 1 rings (SSSR count). The van der Waals surface area contributed by atoms with Gasteiger partial charge in [-0.05, 0) is 10.8 Å². The molecule has 0 aromatic heterocycles. The summed E-state index contributed by atoms with van der Waals surface area (Å²) in [5.74, 6) is 0. The third-order valence-electron chi connectivity index (χ3n) is 1.03. The largest absolute Gasteiger partial charge is 0.284 e. The highest BCUT2D eigenvalue weighted by Crippen LogP contribution is 2.38. The van der Waals surface area contributed by atoms with Crippen LogP contribution in [0.2, 0.25) is 0 Å². The molecule has 2 heteroatoms. The van der Waals surface area contributed by atoms with E-state index in [9.17, 15) is 4.79 Å². The van der Waals surface area contributed by atoms with Crippen molar-refractivity contribution in [3.63, 3.8) is 0 Å². The Morgan fingerprint density at radius 2 is 2.00 bits per heavy atom. The molecule has 0 bridgehead atoms. The minimum absolute atomic E-state index is 0.486. The van der Waals surface area contributed by atoms with Crippen molar-refractivity contribution in [3.8, 4) is 0 Å². The Labute approximate surface area is 57.1 Å². The first-order valence-electron chi connectivity index (χ1n) is 2.55. The molecule has 0 N–H and O–H groups in total. The summed E-state index contributed by atoms with van der Waals surface area (Å²) in [6.45, 7) is 3.56. The van der Waals surface area contributed by atoms with Gasteiger partial charge in [0.1, 0.15) is 0 Å². The number of rotatable bonds is 2. The normalized spacial score (nSPS) is 18.4. The van der Waals surface area contributed by atoms with Crippen LogP contribution in [0.3, 0.4) is 0 Å². The first kappa shape index (κ1) is 6.36. The fraction of sp³-hybridized carbons (Fsp3) is 0. The van der Waals surface area contributed by atoms with Gasteiger partial charge in [0.25, 0.3) is 0 Å². The summed E-state index contributed by atoms with van der Waals surface area (Å²) in [5, 5.41) is 3.95. The number of allylic oxidation sites excluding steroid dienone is 3. The summed E-state index contributed by atoms with van der Waals surface area (Å²) in [7, 11) is -0.486. The SMILES string of the molecule is C=C([C]=O)[SH]1C=CC=C1. The standard InChI is InChI=1S/C7H7OS/c1-7(6-8)9-4-2-3-5-9/h2-5,9H,1H2. The summed E-state index contributed by atoms with van der Waals surface area (Å²) in [6.07, 6.45) is 5.64. The molecule has 0 saturated carbocycles. The molecule has 47 valence electrons. The van der Waals surface area contributed by atoms with Gasteiger partial charge < -0.3 is 0 Å².